The summed E-state index contributed by atoms with van der Waals surface area (Å²) < 4.78 is 1.20. The van der Waals surface area contributed by atoms with Gasteiger partial charge in [-0.05, 0) is 31.0 Å². The number of hydrogen-bond acceptors (Lipinski definition) is 4. The molecule has 1 aromatic heterocycles. The molecule has 1 aliphatic heterocycles. The van der Waals surface area contributed by atoms with Crippen LogP contribution < -0.4 is 10.9 Å². The van der Waals surface area contributed by atoms with Gasteiger partial charge < -0.3 is 5.32 Å². The van der Waals surface area contributed by atoms with Crippen molar-refractivity contribution in [2.45, 2.75) is 30.8 Å². The fourth-order valence-corrected chi connectivity index (χ4v) is 3.66. The third-order valence-electron chi connectivity index (χ3n) is 3.59. The Kier molecular flexibility index (Phi) is 4.29. The number of aromatic nitrogens is 2. The molecule has 1 aromatic carbocycles. The molecule has 1 N–H and O–H groups in total. The first kappa shape index (κ1) is 14.8. The summed E-state index contributed by atoms with van der Waals surface area (Å²) >= 11 is 1.81. The van der Waals surface area contributed by atoms with Gasteiger partial charge in [-0.3, -0.25) is 9.59 Å². The van der Waals surface area contributed by atoms with Crippen molar-refractivity contribution < 1.29 is 4.79 Å². The number of carbonyl (C=O) groups is 1. The quantitative estimate of drug-likeness (QED) is 0.940. The van der Waals surface area contributed by atoms with Gasteiger partial charge in [0, 0.05) is 16.7 Å². The molecule has 0 bridgehead atoms. The third kappa shape index (κ3) is 3.22. The number of aryl methyl sites for hydroxylation is 1. The largest absolute Gasteiger partial charge is 0.348 e. The number of nitrogens with one attached hydrogen (secondary N) is 1. The first-order valence-electron chi connectivity index (χ1n) is 7.19. The number of amides is 1. The smallest absolute Gasteiger partial charge is 0.267 e. The first-order chi connectivity index (χ1) is 10.6. The standard InChI is InChI=1S/C16H17N3O2S/c1-11-6-7-16(21)19(18-11)10-15(20)17-13-8-9-22-14-5-3-2-4-12(13)14/h2-7,13H,8-10H2,1H3,(H,17,20). The highest BCUT2D eigenvalue weighted by atomic mass is 32.2. The Hall–Kier alpha value is -2.08. The fourth-order valence-electron chi connectivity index (χ4n) is 2.53. The van der Waals surface area contributed by atoms with Gasteiger partial charge in [-0.25, -0.2) is 4.68 Å². The summed E-state index contributed by atoms with van der Waals surface area (Å²) in [6.07, 6.45) is 0.892. The lowest BCUT2D eigenvalue weighted by molar-refractivity contribution is -0.122. The molecule has 1 aliphatic rings. The molecule has 0 aliphatic carbocycles. The van der Waals surface area contributed by atoms with Crippen molar-refractivity contribution in [2.75, 3.05) is 5.75 Å². The number of nitrogens with zero attached hydrogens (tertiary/aromatic N) is 2. The second-order valence-electron chi connectivity index (χ2n) is 5.27. The minimum absolute atomic E-state index is 0.00506. The number of carbonyl (C=O) groups excluding carboxylic acids is 1. The van der Waals surface area contributed by atoms with E-state index in [1.54, 1.807) is 13.0 Å². The van der Waals surface area contributed by atoms with Crippen LogP contribution >= 0.6 is 11.8 Å². The Morgan fingerprint density at radius 2 is 2.18 bits per heavy atom. The average Bonchev–Trinajstić information content (AvgIpc) is 2.51. The summed E-state index contributed by atoms with van der Waals surface area (Å²) in [5.41, 5.74) is 1.60. The van der Waals surface area contributed by atoms with Crippen LogP contribution in [0.5, 0.6) is 0 Å². The molecular formula is C16H17N3O2S. The van der Waals surface area contributed by atoms with Crippen molar-refractivity contribution in [1.29, 1.82) is 0 Å². The molecule has 1 atom stereocenters. The Balaban J connectivity index is 1.73. The molecule has 1 unspecified atom stereocenters. The lowest BCUT2D eigenvalue weighted by Crippen LogP contribution is -2.36. The molecule has 0 saturated carbocycles. The van der Waals surface area contributed by atoms with Crippen molar-refractivity contribution in [3.05, 3.63) is 58.0 Å². The highest BCUT2D eigenvalue weighted by Gasteiger charge is 2.22. The number of fused-ring (bicyclic) bond motifs is 1. The van der Waals surface area contributed by atoms with E-state index in [2.05, 4.69) is 16.5 Å². The van der Waals surface area contributed by atoms with Crippen LogP contribution in [0.4, 0.5) is 0 Å². The summed E-state index contributed by atoms with van der Waals surface area (Å²) in [6.45, 7) is 1.74. The molecular weight excluding hydrogens is 298 g/mol. The van der Waals surface area contributed by atoms with E-state index in [1.165, 1.54) is 15.6 Å². The van der Waals surface area contributed by atoms with Crippen LogP contribution in [-0.4, -0.2) is 21.4 Å². The Morgan fingerprint density at radius 1 is 1.36 bits per heavy atom. The zero-order chi connectivity index (χ0) is 15.5. The summed E-state index contributed by atoms with van der Waals surface area (Å²) in [6, 6.07) is 11.2. The predicted octanol–water partition coefficient (Wildman–Crippen LogP) is 1.91. The molecule has 0 saturated heterocycles. The van der Waals surface area contributed by atoms with E-state index < -0.39 is 0 Å². The first-order valence-corrected chi connectivity index (χ1v) is 8.18. The van der Waals surface area contributed by atoms with Gasteiger partial charge in [0.25, 0.3) is 5.56 Å². The number of benzene rings is 1. The maximum atomic E-state index is 12.2. The molecule has 0 radical (unpaired) electrons. The number of rotatable bonds is 3. The van der Waals surface area contributed by atoms with Crippen molar-refractivity contribution in [3.63, 3.8) is 0 Å². The van der Waals surface area contributed by atoms with Crippen molar-refractivity contribution in [3.8, 4) is 0 Å². The number of hydrogen-bond donors (Lipinski definition) is 1. The van der Waals surface area contributed by atoms with Gasteiger partial charge in [-0.1, -0.05) is 18.2 Å². The van der Waals surface area contributed by atoms with Gasteiger partial charge >= 0.3 is 0 Å². The third-order valence-corrected chi connectivity index (χ3v) is 4.71. The van der Waals surface area contributed by atoms with Gasteiger partial charge in [0.1, 0.15) is 6.54 Å². The van der Waals surface area contributed by atoms with E-state index in [9.17, 15) is 9.59 Å². The second-order valence-corrected chi connectivity index (χ2v) is 6.40. The van der Waals surface area contributed by atoms with E-state index in [0.29, 0.717) is 5.69 Å². The molecule has 2 aromatic rings. The van der Waals surface area contributed by atoms with Gasteiger partial charge in [0.2, 0.25) is 5.91 Å². The normalized spacial score (nSPS) is 16.9. The van der Waals surface area contributed by atoms with Gasteiger partial charge in [-0.2, -0.15) is 5.10 Å². The molecule has 0 fully saturated rings. The lowest BCUT2D eigenvalue weighted by atomic mass is 10.0. The van der Waals surface area contributed by atoms with E-state index in [0.717, 1.165) is 17.7 Å². The van der Waals surface area contributed by atoms with Crippen LogP contribution in [0.15, 0.2) is 46.1 Å². The van der Waals surface area contributed by atoms with E-state index in [4.69, 9.17) is 0 Å². The van der Waals surface area contributed by atoms with Crippen LogP contribution in [0.25, 0.3) is 0 Å². The zero-order valence-electron chi connectivity index (χ0n) is 12.3. The maximum absolute atomic E-state index is 12.2. The summed E-state index contributed by atoms with van der Waals surface area (Å²) in [4.78, 5) is 25.2. The van der Waals surface area contributed by atoms with Crippen LogP contribution in [0.2, 0.25) is 0 Å². The predicted molar refractivity (Wildman–Crippen MR) is 85.9 cm³/mol. The lowest BCUT2D eigenvalue weighted by Gasteiger charge is -2.25. The average molecular weight is 315 g/mol. The molecule has 22 heavy (non-hydrogen) atoms. The van der Waals surface area contributed by atoms with Crippen LogP contribution in [0.1, 0.15) is 23.7 Å². The van der Waals surface area contributed by atoms with Crippen molar-refractivity contribution in [2.24, 2.45) is 0 Å². The highest BCUT2D eigenvalue weighted by Crippen LogP contribution is 2.35. The number of thioether (sulfide) groups is 1. The van der Waals surface area contributed by atoms with Gasteiger partial charge in [0.05, 0.1) is 11.7 Å². The van der Waals surface area contributed by atoms with E-state index >= 15 is 0 Å². The molecule has 114 valence electrons. The van der Waals surface area contributed by atoms with Crippen molar-refractivity contribution in [1.82, 2.24) is 15.1 Å². The minimum atomic E-state index is -0.264. The fraction of sp³-hybridized carbons (Fsp3) is 0.312. The summed E-state index contributed by atoms with van der Waals surface area (Å²) in [7, 11) is 0. The minimum Gasteiger partial charge on any atom is -0.348 e. The zero-order valence-corrected chi connectivity index (χ0v) is 13.1. The van der Waals surface area contributed by atoms with Crippen LogP contribution in [0, 0.1) is 6.92 Å². The summed E-state index contributed by atoms with van der Waals surface area (Å²) in [5.74, 6) is 0.789. The second kappa shape index (κ2) is 6.36. The highest BCUT2D eigenvalue weighted by molar-refractivity contribution is 7.99. The van der Waals surface area contributed by atoms with Crippen molar-refractivity contribution >= 4 is 17.7 Å². The molecule has 2 heterocycles. The molecule has 3 rings (SSSR count). The van der Waals surface area contributed by atoms with E-state index in [-0.39, 0.29) is 24.1 Å². The topological polar surface area (TPSA) is 64.0 Å². The monoisotopic (exact) mass is 315 g/mol. The Labute approximate surface area is 132 Å². The Bertz CT molecular complexity index is 757. The SMILES string of the molecule is Cc1ccc(=O)n(CC(=O)NC2CCSc3ccccc32)n1. The Morgan fingerprint density at radius 3 is 3.05 bits per heavy atom. The van der Waals surface area contributed by atoms with E-state index in [1.807, 2.05) is 30.0 Å². The molecule has 6 heteroatoms. The summed E-state index contributed by atoms with van der Waals surface area (Å²) in [5, 5.41) is 7.11. The molecule has 1 amide bonds. The van der Waals surface area contributed by atoms with Gasteiger partial charge in [-0.15, -0.1) is 11.8 Å². The molecule has 0 spiro atoms. The van der Waals surface area contributed by atoms with Gasteiger partial charge in [0.15, 0.2) is 0 Å². The molecule has 5 nitrogen and oxygen atoms in total. The van der Waals surface area contributed by atoms with Crippen LogP contribution in [0.3, 0.4) is 0 Å². The maximum Gasteiger partial charge on any atom is 0.267 e. The van der Waals surface area contributed by atoms with Crippen LogP contribution in [-0.2, 0) is 11.3 Å².